The van der Waals surface area contributed by atoms with Gasteiger partial charge in [0, 0.05) is 24.3 Å². The normalized spacial score (nSPS) is 33.8. The Morgan fingerprint density at radius 3 is 2.47 bits per heavy atom. The molecule has 1 amide bonds. The van der Waals surface area contributed by atoms with E-state index in [1.807, 2.05) is 13.0 Å². The highest BCUT2D eigenvalue weighted by atomic mass is 16.5. The molecule has 1 aromatic heterocycles. The number of carbonyl (C=O) groups excluding carboxylic acids is 2. The molecule has 2 heterocycles. The van der Waals surface area contributed by atoms with Crippen LogP contribution in [0, 0.1) is 23.7 Å². The van der Waals surface area contributed by atoms with Gasteiger partial charge >= 0.3 is 5.97 Å². The number of amides is 1. The largest absolute Gasteiger partial charge is 0.466 e. The molecule has 0 spiro atoms. The van der Waals surface area contributed by atoms with Gasteiger partial charge < -0.3 is 15.0 Å². The van der Waals surface area contributed by atoms with Crippen LogP contribution in [0.4, 0.5) is 0 Å². The summed E-state index contributed by atoms with van der Waals surface area (Å²) in [5, 5.41) is 3.29. The maximum atomic E-state index is 13.0. The Morgan fingerprint density at radius 2 is 1.84 bits per heavy atom. The zero-order chi connectivity index (χ0) is 22.3. The number of piperidine rings is 1. The quantitative estimate of drug-likeness (QED) is 0.663. The lowest BCUT2D eigenvalue weighted by atomic mass is 9.53. The van der Waals surface area contributed by atoms with E-state index in [4.69, 9.17) is 4.74 Å². The molecule has 6 rings (SSSR count). The van der Waals surface area contributed by atoms with Gasteiger partial charge in [-0.2, -0.15) is 0 Å². The van der Waals surface area contributed by atoms with E-state index < -0.39 is 0 Å². The highest BCUT2D eigenvalue weighted by molar-refractivity contribution is 5.94. The van der Waals surface area contributed by atoms with Crippen molar-refractivity contribution < 1.29 is 14.3 Å². The molecule has 7 nitrogen and oxygen atoms in total. The van der Waals surface area contributed by atoms with Crippen molar-refractivity contribution in [1.29, 1.82) is 0 Å². The molecule has 1 unspecified atom stereocenters. The number of hydrogen-bond donors (Lipinski definition) is 2. The van der Waals surface area contributed by atoms with Crippen LogP contribution in [-0.4, -0.2) is 47.0 Å². The van der Waals surface area contributed by atoms with E-state index in [9.17, 15) is 14.4 Å². The summed E-state index contributed by atoms with van der Waals surface area (Å²) in [6, 6.07) is 3.50. The highest BCUT2D eigenvalue weighted by Crippen LogP contribution is 2.55. The second kappa shape index (κ2) is 8.65. The maximum absolute atomic E-state index is 13.0. The number of pyridine rings is 1. The zero-order valence-electron chi connectivity index (χ0n) is 19.0. The number of likely N-dealkylation sites (tertiary alicyclic amines) is 1. The van der Waals surface area contributed by atoms with Crippen LogP contribution in [0.25, 0.3) is 0 Å². The molecular weight excluding hydrogens is 406 g/mol. The molecule has 0 aromatic carbocycles. The Kier molecular flexibility index (Phi) is 5.86. The average Bonchev–Trinajstić information content (AvgIpc) is 2.73. The predicted octanol–water partition coefficient (Wildman–Crippen LogP) is 2.85. The third kappa shape index (κ3) is 4.36. The maximum Gasteiger partial charge on any atom is 0.310 e. The minimum absolute atomic E-state index is 0.104. The van der Waals surface area contributed by atoms with Crippen molar-refractivity contribution in [2.75, 3.05) is 19.7 Å². The van der Waals surface area contributed by atoms with E-state index in [0.29, 0.717) is 19.7 Å². The third-order valence-corrected chi connectivity index (χ3v) is 8.15. The first-order valence-electron chi connectivity index (χ1n) is 12.4. The number of aromatic amines is 1. The van der Waals surface area contributed by atoms with Gasteiger partial charge in [-0.05, 0) is 94.7 Å². The van der Waals surface area contributed by atoms with Crippen LogP contribution in [0.1, 0.15) is 74.3 Å². The first-order chi connectivity index (χ1) is 15.4. The molecule has 5 aliphatic rings. The second-order valence-corrected chi connectivity index (χ2v) is 10.7. The summed E-state index contributed by atoms with van der Waals surface area (Å²) in [5.41, 5.74) is 0.537. The van der Waals surface area contributed by atoms with Crippen molar-refractivity contribution in [2.24, 2.45) is 23.7 Å². The fraction of sp³-hybridized carbons (Fsp3) is 0.720. The molecule has 1 aromatic rings. The number of aromatic nitrogens is 1. The molecule has 1 saturated heterocycles. The minimum Gasteiger partial charge on any atom is -0.466 e. The monoisotopic (exact) mass is 441 g/mol. The van der Waals surface area contributed by atoms with Crippen LogP contribution < -0.4 is 10.9 Å². The molecule has 174 valence electrons. The second-order valence-electron chi connectivity index (χ2n) is 10.7. The summed E-state index contributed by atoms with van der Waals surface area (Å²) in [4.78, 5) is 43.0. The van der Waals surface area contributed by atoms with Crippen LogP contribution in [-0.2, 0) is 16.1 Å². The van der Waals surface area contributed by atoms with Crippen LogP contribution in [0.2, 0.25) is 0 Å². The number of ether oxygens (including phenoxy) is 1. The summed E-state index contributed by atoms with van der Waals surface area (Å²) >= 11 is 0. The lowest BCUT2D eigenvalue weighted by Gasteiger charge is -2.56. The number of esters is 1. The van der Waals surface area contributed by atoms with Crippen molar-refractivity contribution in [3.8, 4) is 0 Å². The average molecular weight is 442 g/mol. The van der Waals surface area contributed by atoms with Gasteiger partial charge in [0.25, 0.3) is 11.5 Å². The summed E-state index contributed by atoms with van der Waals surface area (Å²) in [6.45, 7) is 4.29. The van der Waals surface area contributed by atoms with Gasteiger partial charge in [-0.25, -0.2) is 0 Å². The van der Waals surface area contributed by atoms with Crippen LogP contribution in [0.15, 0.2) is 16.9 Å². The van der Waals surface area contributed by atoms with E-state index >= 15 is 0 Å². The Labute approximate surface area is 189 Å². The van der Waals surface area contributed by atoms with Crippen molar-refractivity contribution >= 4 is 11.9 Å². The van der Waals surface area contributed by atoms with Crippen molar-refractivity contribution in [1.82, 2.24) is 15.2 Å². The van der Waals surface area contributed by atoms with E-state index in [-0.39, 0.29) is 34.5 Å². The van der Waals surface area contributed by atoms with E-state index in [2.05, 4.69) is 15.2 Å². The SMILES string of the molecule is CCOC(=O)C1CCCN(Cc2ccc(C(=O)NC34CC5CC(CC(C5)C3)C4)c(=O)[nH]2)C1. The van der Waals surface area contributed by atoms with Gasteiger partial charge in [0.05, 0.1) is 12.5 Å². The van der Waals surface area contributed by atoms with E-state index in [1.54, 1.807) is 6.07 Å². The Bertz CT molecular complexity index is 904. The summed E-state index contributed by atoms with van der Waals surface area (Å²) < 4.78 is 5.17. The molecule has 7 heteroatoms. The van der Waals surface area contributed by atoms with E-state index in [1.165, 1.54) is 19.3 Å². The van der Waals surface area contributed by atoms with Crippen LogP contribution in [0.5, 0.6) is 0 Å². The summed E-state index contributed by atoms with van der Waals surface area (Å²) in [7, 11) is 0. The minimum atomic E-state index is -0.330. The zero-order valence-corrected chi connectivity index (χ0v) is 19.0. The Hall–Kier alpha value is -2.15. The number of nitrogens with one attached hydrogen (secondary N) is 2. The summed E-state index contributed by atoms with van der Waals surface area (Å²) in [5.74, 6) is 1.74. The van der Waals surface area contributed by atoms with E-state index in [0.717, 1.165) is 62.1 Å². The first-order valence-corrected chi connectivity index (χ1v) is 12.4. The van der Waals surface area contributed by atoms with Crippen molar-refractivity contribution in [3.63, 3.8) is 0 Å². The molecule has 5 fully saturated rings. The molecule has 4 bridgehead atoms. The lowest BCUT2D eigenvalue weighted by Crippen LogP contribution is -2.60. The molecule has 1 aliphatic heterocycles. The fourth-order valence-corrected chi connectivity index (χ4v) is 7.25. The van der Waals surface area contributed by atoms with Gasteiger partial charge in [-0.1, -0.05) is 0 Å². The number of H-pyrrole nitrogens is 1. The highest BCUT2D eigenvalue weighted by Gasteiger charge is 2.51. The number of carbonyl (C=O) groups is 2. The Balaban J connectivity index is 1.22. The molecule has 4 aliphatic carbocycles. The Morgan fingerprint density at radius 1 is 1.16 bits per heavy atom. The fourth-order valence-electron chi connectivity index (χ4n) is 7.25. The smallest absolute Gasteiger partial charge is 0.310 e. The first kappa shape index (κ1) is 21.7. The third-order valence-electron chi connectivity index (χ3n) is 8.15. The topological polar surface area (TPSA) is 91.5 Å². The van der Waals surface area contributed by atoms with Gasteiger partial charge in [0.2, 0.25) is 0 Å². The standard InChI is InChI=1S/C25H35N3O4/c1-2-32-24(31)19-4-3-7-28(14-19)15-20-5-6-21(22(29)26-20)23(30)27-25-11-16-8-17(12-25)10-18(9-16)13-25/h5-6,16-19H,2-4,7-15H2,1H3,(H,26,29)(H,27,30). The molecule has 32 heavy (non-hydrogen) atoms. The van der Waals surface area contributed by atoms with Gasteiger partial charge in [-0.3, -0.25) is 19.3 Å². The number of hydrogen-bond acceptors (Lipinski definition) is 5. The number of nitrogens with zero attached hydrogens (tertiary/aromatic N) is 1. The lowest BCUT2D eigenvalue weighted by molar-refractivity contribution is -0.150. The van der Waals surface area contributed by atoms with Crippen LogP contribution in [0.3, 0.4) is 0 Å². The van der Waals surface area contributed by atoms with Crippen LogP contribution >= 0.6 is 0 Å². The van der Waals surface area contributed by atoms with Crippen molar-refractivity contribution in [3.05, 3.63) is 33.7 Å². The van der Waals surface area contributed by atoms with Gasteiger partial charge in [0.15, 0.2) is 0 Å². The predicted molar refractivity (Wildman–Crippen MR) is 120 cm³/mol. The van der Waals surface area contributed by atoms with Gasteiger partial charge in [-0.15, -0.1) is 0 Å². The molecule has 1 atom stereocenters. The van der Waals surface area contributed by atoms with Gasteiger partial charge in [0.1, 0.15) is 5.56 Å². The number of rotatable bonds is 6. The van der Waals surface area contributed by atoms with Crippen molar-refractivity contribution in [2.45, 2.75) is 70.4 Å². The molecule has 4 saturated carbocycles. The summed E-state index contributed by atoms with van der Waals surface area (Å²) in [6.07, 6.45) is 8.92. The molecule has 2 N–H and O–H groups in total. The molecular formula is C25H35N3O4. The molecule has 0 radical (unpaired) electrons.